The van der Waals surface area contributed by atoms with Gasteiger partial charge < -0.3 is 20.5 Å². The molecule has 0 radical (unpaired) electrons. The highest BCUT2D eigenvalue weighted by Gasteiger charge is 2.51. The molecule has 0 aliphatic heterocycles. The van der Waals surface area contributed by atoms with Crippen molar-refractivity contribution in [1.82, 2.24) is 10.3 Å². The molecule has 32 heavy (non-hydrogen) atoms. The Balaban J connectivity index is 2.00. The smallest absolute Gasteiger partial charge is 0.422 e. The Morgan fingerprint density at radius 1 is 1.12 bits per heavy atom. The van der Waals surface area contributed by atoms with E-state index in [-0.39, 0.29) is 28.2 Å². The third kappa shape index (κ3) is 6.78. The third-order valence-corrected chi connectivity index (χ3v) is 4.63. The fraction of sp³-hybridized carbons (Fsp3) is 0.333. The summed E-state index contributed by atoms with van der Waals surface area (Å²) in [5.41, 5.74) is -3.62. The molecule has 176 valence electrons. The zero-order valence-electron chi connectivity index (χ0n) is 16.0. The molecule has 0 saturated heterocycles. The predicted octanol–water partition coefficient (Wildman–Crippen LogP) is 5.42. The van der Waals surface area contributed by atoms with Crippen molar-refractivity contribution in [2.24, 2.45) is 0 Å². The van der Waals surface area contributed by atoms with Crippen molar-refractivity contribution < 1.29 is 41.0 Å². The van der Waals surface area contributed by atoms with Crippen molar-refractivity contribution in [2.45, 2.75) is 31.4 Å². The molecule has 3 N–H and O–H groups in total. The van der Waals surface area contributed by atoms with Gasteiger partial charge in [0.2, 0.25) is 5.88 Å². The molecular weight excluding hydrogens is 491 g/mol. The van der Waals surface area contributed by atoms with Crippen LogP contribution in [0.2, 0.25) is 10.0 Å². The molecule has 6 nitrogen and oxygen atoms in total. The summed E-state index contributed by atoms with van der Waals surface area (Å²) in [6.45, 7) is -1.07. The highest BCUT2D eigenvalue weighted by Crippen LogP contribution is 2.42. The number of halogens is 8. The number of hydrogen-bond acceptors (Lipinski definition) is 4. The maximum absolute atomic E-state index is 13.0. The molecule has 0 aliphatic carbocycles. The topological polar surface area (TPSA) is 83.5 Å². The first kappa shape index (κ1) is 25.8. The van der Waals surface area contributed by atoms with E-state index in [1.54, 1.807) is 0 Å². The Bertz CT molecular complexity index is 943. The summed E-state index contributed by atoms with van der Waals surface area (Å²) in [7, 11) is 0. The van der Waals surface area contributed by atoms with Gasteiger partial charge in [-0.3, -0.25) is 0 Å². The lowest BCUT2D eigenvalue weighted by atomic mass is 9.95. The van der Waals surface area contributed by atoms with Gasteiger partial charge in [-0.15, -0.1) is 0 Å². The van der Waals surface area contributed by atoms with E-state index in [0.29, 0.717) is 12.5 Å². The fourth-order valence-corrected chi connectivity index (χ4v) is 2.82. The molecule has 2 amide bonds. The van der Waals surface area contributed by atoms with Gasteiger partial charge in [-0.05, 0) is 30.2 Å². The van der Waals surface area contributed by atoms with Gasteiger partial charge in [-0.1, -0.05) is 29.3 Å². The van der Waals surface area contributed by atoms with E-state index >= 15 is 0 Å². The number of amides is 2. The van der Waals surface area contributed by atoms with Crippen LogP contribution in [0.15, 0.2) is 30.5 Å². The predicted molar refractivity (Wildman–Crippen MR) is 104 cm³/mol. The van der Waals surface area contributed by atoms with Crippen LogP contribution in [0.5, 0.6) is 5.88 Å². The molecule has 1 aromatic carbocycles. The maximum atomic E-state index is 13.0. The Labute approximate surface area is 187 Å². The third-order valence-electron chi connectivity index (χ3n) is 4.03. The lowest BCUT2D eigenvalue weighted by molar-refractivity contribution is -0.258. The van der Waals surface area contributed by atoms with Crippen LogP contribution in [0, 0.1) is 0 Å². The molecule has 1 unspecified atom stereocenters. The lowest BCUT2D eigenvalue weighted by Gasteiger charge is -2.27. The first-order valence-corrected chi connectivity index (χ1v) is 9.33. The quantitative estimate of drug-likeness (QED) is 0.457. The number of alkyl halides is 6. The van der Waals surface area contributed by atoms with Gasteiger partial charge in [0.15, 0.2) is 12.2 Å². The number of carbonyl (C=O) groups excluding carboxylic acids is 1. The van der Waals surface area contributed by atoms with Crippen LogP contribution in [0.3, 0.4) is 0 Å². The maximum Gasteiger partial charge on any atom is 0.422 e. The first-order valence-electron chi connectivity index (χ1n) is 8.58. The average molecular weight is 506 g/mol. The minimum absolute atomic E-state index is 0.103. The number of hydrogen-bond donors (Lipinski definition) is 3. The molecule has 0 saturated carbocycles. The normalized spacial score (nSPS) is 13.9. The number of nitrogens with one attached hydrogen (secondary N) is 2. The number of rotatable bonds is 6. The van der Waals surface area contributed by atoms with Crippen LogP contribution in [0.1, 0.15) is 18.1 Å². The Morgan fingerprint density at radius 2 is 1.72 bits per heavy atom. The summed E-state index contributed by atoms with van der Waals surface area (Å²) >= 11 is 11.8. The minimum Gasteiger partial charge on any atom is -0.468 e. The number of benzene rings is 1. The number of pyridine rings is 1. The number of anilines is 1. The van der Waals surface area contributed by atoms with Crippen molar-refractivity contribution in [3.63, 3.8) is 0 Å². The van der Waals surface area contributed by atoms with Crippen LogP contribution in [-0.4, -0.2) is 35.1 Å². The molecule has 2 rings (SSSR count). The van der Waals surface area contributed by atoms with Crippen molar-refractivity contribution in [2.75, 3.05) is 11.9 Å². The summed E-state index contributed by atoms with van der Waals surface area (Å²) in [6.07, 6.45) is -8.32. The van der Waals surface area contributed by atoms with Gasteiger partial charge >= 0.3 is 18.4 Å². The molecule has 0 aliphatic rings. The number of carbonyl (C=O) groups is 1. The van der Waals surface area contributed by atoms with Gasteiger partial charge in [0.05, 0.1) is 15.7 Å². The molecular formula is C18H15Cl2F6N3O3. The van der Waals surface area contributed by atoms with Gasteiger partial charge in [0.25, 0.3) is 0 Å². The average Bonchev–Trinajstić information content (AvgIpc) is 2.66. The first-order chi connectivity index (χ1) is 14.6. The van der Waals surface area contributed by atoms with E-state index < -0.39 is 36.2 Å². The van der Waals surface area contributed by atoms with Crippen molar-refractivity contribution in [3.05, 3.63) is 51.6 Å². The summed E-state index contributed by atoms with van der Waals surface area (Å²) < 4.78 is 79.8. The van der Waals surface area contributed by atoms with Gasteiger partial charge in [-0.2, -0.15) is 26.3 Å². The minimum atomic E-state index is -4.99. The standard InChI is InChI=1S/C18H15Cl2F6N3O3/c1-16(31,18(24,25)26)10-4-11(19)14(12(20)5-10)29-15(30)28-7-9-2-3-13(27-6-9)32-8-17(21,22)23/h2-6,31H,7-8H2,1H3,(H2,28,29,30). The number of ether oxygens (including phenoxy) is 1. The molecule has 1 atom stereocenters. The second-order valence-corrected chi connectivity index (χ2v) is 7.42. The van der Waals surface area contributed by atoms with Gasteiger partial charge in [0.1, 0.15) is 0 Å². The number of urea groups is 1. The lowest BCUT2D eigenvalue weighted by Crippen LogP contribution is -2.39. The Kier molecular flexibility index (Phi) is 7.74. The summed E-state index contributed by atoms with van der Waals surface area (Å²) in [6, 6.07) is 3.36. The van der Waals surface area contributed by atoms with Crippen LogP contribution < -0.4 is 15.4 Å². The summed E-state index contributed by atoms with van der Waals surface area (Å²) in [5, 5.41) is 13.7. The second kappa shape index (κ2) is 9.59. The summed E-state index contributed by atoms with van der Waals surface area (Å²) in [4.78, 5) is 15.7. The number of nitrogens with zero attached hydrogens (tertiary/aromatic N) is 1. The fourth-order valence-electron chi connectivity index (χ4n) is 2.23. The number of aromatic nitrogens is 1. The molecule has 0 spiro atoms. The van der Waals surface area contributed by atoms with Crippen molar-refractivity contribution >= 4 is 34.9 Å². The molecule has 1 heterocycles. The largest absolute Gasteiger partial charge is 0.468 e. The van der Waals surface area contributed by atoms with E-state index in [4.69, 9.17) is 23.2 Å². The van der Waals surface area contributed by atoms with E-state index in [1.807, 2.05) is 0 Å². The zero-order valence-corrected chi connectivity index (χ0v) is 17.5. The molecule has 14 heteroatoms. The van der Waals surface area contributed by atoms with Gasteiger partial charge in [0, 0.05) is 18.8 Å². The molecule has 2 aromatic rings. The van der Waals surface area contributed by atoms with E-state index in [1.165, 1.54) is 18.3 Å². The van der Waals surface area contributed by atoms with E-state index in [0.717, 1.165) is 12.1 Å². The highest BCUT2D eigenvalue weighted by atomic mass is 35.5. The molecule has 0 bridgehead atoms. The second-order valence-electron chi connectivity index (χ2n) is 6.60. The van der Waals surface area contributed by atoms with Crippen molar-refractivity contribution in [1.29, 1.82) is 0 Å². The van der Waals surface area contributed by atoms with E-state index in [9.17, 15) is 36.2 Å². The zero-order chi connectivity index (χ0) is 24.3. The Morgan fingerprint density at radius 3 is 2.19 bits per heavy atom. The molecule has 0 fully saturated rings. The van der Waals surface area contributed by atoms with Crippen LogP contribution in [-0.2, 0) is 12.1 Å². The SMILES string of the molecule is CC(O)(c1cc(Cl)c(NC(=O)NCc2ccc(OCC(F)(F)F)nc2)c(Cl)c1)C(F)(F)F. The van der Waals surface area contributed by atoms with Crippen LogP contribution >= 0.6 is 23.2 Å². The van der Waals surface area contributed by atoms with Gasteiger partial charge in [-0.25, -0.2) is 9.78 Å². The monoisotopic (exact) mass is 505 g/mol. The van der Waals surface area contributed by atoms with E-state index in [2.05, 4.69) is 20.4 Å². The van der Waals surface area contributed by atoms with Crippen molar-refractivity contribution in [3.8, 4) is 5.88 Å². The molecule has 1 aromatic heterocycles. The highest BCUT2D eigenvalue weighted by molar-refractivity contribution is 6.39. The summed E-state index contributed by atoms with van der Waals surface area (Å²) in [5.74, 6) is -0.260. The van der Waals surface area contributed by atoms with Crippen LogP contribution in [0.4, 0.5) is 36.8 Å². The van der Waals surface area contributed by atoms with Crippen LogP contribution in [0.25, 0.3) is 0 Å². The number of aliphatic hydroxyl groups is 1. The Hall–Kier alpha value is -2.44.